The van der Waals surface area contributed by atoms with Gasteiger partial charge in [0.2, 0.25) is 0 Å². The van der Waals surface area contributed by atoms with Crippen LogP contribution < -0.4 is 9.47 Å². The molecule has 1 atom stereocenters. The highest BCUT2D eigenvalue weighted by atomic mass is 16.6. The molecule has 0 bridgehead atoms. The number of rotatable bonds is 6. The Morgan fingerprint density at radius 1 is 0.650 bits per heavy atom. The molecule has 0 fully saturated rings. The van der Waals surface area contributed by atoms with E-state index < -0.39 is 23.9 Å². The minimum Gasteiger partial charge on any atom is -0.461 e. The summed E-state index contributed by atoms with van der Waals surface area (Å²) in [5.74, 6) is -0.266. The van der Waals surface area contributed by atoms with Gasteiger partial charge in [-0.3, -0.25) is 0 Å². The number of cyclic esters (lactones) is 4. The van der Waals surface area contributed by atoms with Crippen molar-refractivity contribution in [2.24, 2.45) is 5.92 Å². The minimum atomic E-state index is -0.673. The van der Waals surface area contributed by atoms with Crippen LogP contribution in [0.4, 0.5) is 0 Å². The molecule has 0 spiro atoms. The van der Waals surface area contributed by atoms with E-state index in [0.717, 1.165) is 17.7 Å². The number of hydrogen-bond donors (Lipinski definition) is 0. The van der Waals surface area contributed by atoms with Crippen LogP contribution in [-0.2, 0) is 14.9 Å². The summed E-state index contributed by atoms with van der Waals surface area (Å²) in [6, 6.07) is 17.2. The van der Waals surface area contributed by atoms with Crippen molar-refractivity contribution in [3.8, 4) is 17.2 Å². The van der Waals surface area contributed by atoms with Crippen LogP contribution in [0.25, 0.3) is 0 Å². The minimum absolute atomic E-state index is 0.0853. The number of carbonyl (C=O) groups is 4. The van der Waals surface area contributed by atoms with Gasteiger partial charge in [0.25, 0.3) is 0 Å². The second kappa shape index (κ2) is 9.34. The SMILES string of the molecule is CC1CC(C(C)(C)c2ccc(Oc3ccc4c(c3)C(=O)OC4=O)cc2)=CC=C1Oc1ccc2c(c1)C(=O)OC2=O. The third-order valence-electron chi connectivity index (χ3n) is 7.54. The van der Waals surface area contributed by atoms with Gasteiger partial charge in [0.15, 0.2) is 0 Å². The highest BCUT2D eigenvalue weighted by Gasteiger charge is 2.33. The molecular formula is C32H24O8. The molecule has 0 N–H and O–H groups in total. The van der Waals surface area contributed by atoms with Gasteiger partial charge < -0.3 is 18.9 Å². The molecule has 8 heteroatoms. The average Bonchev–Trinajstić information content (AvgIpc) is 3.38. The Bertz CT molecular complexity index is 1670. The van der Waals surface area contributed by atoms with E-state index in [0.29, 0.717) is 17.2 Å². The largest absolute Gasteiger partial charge is 0.461 e. The molecule has 200 valence electrons. The summed E-state index contributed by atoms with van der Waals surface area (Å²) in [5.41, 5.74) is 2.95. The fraction of sp³-hybridized carbons (Fsp3) is 0.188. The molecule has 3 aliphatic rings. The summed E-state index contributed by atoms with van der Waals surface area (Å²) in [7, 11) is 0. The molecule has 0 saturated carbocycles. The van der Waals surface area contributed by atoms with Gasteiger partial charge in [-0.1, -0.05) is 44.6 Å². The number of carbonyl (C=O) groups excluding carboxylic acids is 4. The second-order valence-corrected chi connectivity index (χ2v) is 10.5. The van der Waals surface area contributed by atoms with Gasteiger partial charge in [-0.25, -0.2) is 19.2 Å². The van der Waals surface area contributed by atoms with E-state index >= 15 is 0 Å². The van der Waals surface area contributed by atoms with Crippen LogP contribution in [0.1, 0.15) is 74.2 Å². The van der Waals surface area contributed by atoms with Crippen LogP contribution in [0, 0.1) is 5.92 Å². The first kappa shape index (κ1) is 25.3. The number of fused-ring (bicyclic) bond motifs is 2. The Balaban J connectivity index is 1.17. The standard InChI is InChI=1S/C32H24O8/c1-17-14-19(6-13-27(17)38-22-10-12-24-26(16-22)31(36)40-29(24)34)32(2,3)18-4-7-20(8-5-18)37-21-9-11-23-25(15-21)30(35)39-28(23)33/h4-13,15-17H,14H2,1-3H3. The molecule has 2 heterocycles. The van der Waals surface area contributed by atoms with Crippen LogP contribution in [-0.4, -0.2) is 23.9 Å². The second-order valence-electron chi connectivity index (χ2n) is 10.5. The van der Waals surface area contributed by atoms with Crippen LogP contribution in [0.2, 0.25) is 0 Å². The molecule has 3 aromatic carbocycles. The fourth-order valence-electron chi connectivity index (χ4n) is 5.10. The highest BCUT2D eigenvalue weighted by molar-refractivity contribution is 6.15. The molecule has 40 heavy (non-hydrogen) atoms. The van der Waals surface area contributed by atoms with E-state index in [1.807, 2.05) is 30.3 Å². The van der Waals surface area contributed by atoms with E-state index in [1.54, 1.807) is 18.2 Å². The van der Waals surface area contributed by atoms with Gasteiger partial charge in [-0.2, -0.15) is 0 Å². The van der Waals surface area contributed by atoms with Crippen molar-refractivity contribution in [1.82, 2.24) is 0 Å². The Morgan fingerprint density at radius 3 is 1.70 bits per heavy atom. The summed E-state index contributed by atoms with van der Waals surface area (Å²) in [5, 5.41) is 0. The Hall–Kier alpha value is -4.98. The van der Waals surface area contributed by atoms with E-state index in [-0.39, 0.29) is 33.6 Å². The number of allylic oxidation sites excluding steroid dienone is 4. The topological polar surface area (TPSA) is 105 Å². The molecule has 3 aromatic rings. The highest BCUT2D eigenvalue weighted by Crippen LogP contribution is 2.40. The smallest absolute Gasteiger partial charge is 0.347 e. The van der Waals surface area contributed by atoms with Crippen molar-refractivity contribution in [1.29, 1.82) is 0 Å². The molecular weight excluding hydrogens is 512 g/mol. The normalized spacial score (nSPS) is 17.9. The lowest BCUT2D eigenvalue weighted by molar-refractivity contribution is 0.0425. The van der Waals surface area contributed by atoms with Gasteiger partial charge in [0.1, 0.15) is 23.0 Å². The molecule has 2 aliphatic heterocycles. The lowest BCUT2D eigenvalue weighted by atomic mass is 9.73. The lowest BCUT2D eigenvalue weighted by Crippen LogP contribution is -2.24. The molecule has 0 amide bonds. The predicted octanol–water partition coefficient (Wildman–Crippen LogP) is 6.31. The lowest BCUT2D eigenvalue weighted by Gasteiger charge is -2.33. The molecule has 6 rings (SSSR count). The van der Waals surface area contributed by atoms with Gasteiger partial charge in [0, 0.05) is 11.3 Å². The van der Waals surface area contributed by atoms with Crippen molar-refractivity contribution in [2.45, 2.75) is 32.6 Å². The molecule has 0 aromatic heterocycles. The average molecular weight is 537 g/mol. The number of esters is 4. The van der Waals surface area contributed by atoms with Gasteiger partial charge >= 0.3 is 23.9 Å². The van der Waals surface area contributed by atoms with Crippen molar-refractivity contribution in [2.75, 3.05) is 0 Å². The van der Waals surface area contributed by atoms with E-state index in [1.165, 1.54) is 23.8 Å². The summed E-state index contributed by atoms with van der Waals surface area (Å²) in [6.07, 6.45) is 4.78. The van der Waals surface area contributed by atoms with Crippen LogP contribution in [0.5, 0.6) is 17.2 Å². The van der Waals surface area contributed by atoms with E-state index in [2.05, 4.69) is 36.3 Å². The number of hydrogen-bond acceptors (Lipinski definition) is 8. The zero-order valence-corrected chi connectivity index (χ0v) is 22.0. The maximum absolute atomic E-state index is 11.9. The van der Waals surface area contributed by atoms with Crippen molar-refractivity contribution >= 4 is 23.9 Å². The van der Waals surface area contributed by atoms with Crippen molar-refractivity contribution < 1.29 is 38.1 Å². The third kappa shape index (κ3) is 4.37. The maximum Gasteiger partial charge on any atom is 0.347 e. The molecule has 0 radical (unpaired) electrons. The molecule has 0 saturated heterocycles. The third-order valence-corrected chi connectivity index (χ3v) is 7.54. The summed E-state index contributed by atoms with van der Waals surface area (Å²) >= 11 is 0. The quantitative estimate of drug-likeness (QED) is 0.267. The first-order valence-electron chi connectivity index (χ1n) is 12.8. The Morgan fingerprint density at radius 2 is 1.15 bits per heavy atom. The summed E-state index contributed by atoms with van der Waals surface area (Å²) in [6.45, 7) is 6.40. The first-order valence-corrected chi connectivity index (χ1v) is 12.8. The monoisotopic (exact) mass is 536 g/mol. The zero-order chi connectivity index (χ0) is 28.2. The number of benzene rings is 3. The predicted molar refractivity (Wildman–Crippen MR) is 142 cm³/mol. The Labute approximate surface area is 229 Å². The molecule has 8 nitrogen and oxygen atoms in total. The maximum atomic E-state index is 11.9. The summed E-state index contributed by atoms with van der Waals surface area (Å²) in [4.78, 5) is 47.1. The zero-order valence-electron chi connectivity index (χ0n) is 22.0. The van der Waals surface area contributed by atoms with Crippen LogP contribution >= 0.6 is 0 Å². The van der Waals surface area contributed by atoms with Gasteiger partial charge in [0.05, 0.1) is 22.3 Å². The Kier molecular flexibility index (Phi) is 5.91. The van der Waals surface area contributed by atoms with Gasteiger partial charge in [-0.05, 0) is 66.6 Å². The molecule has 1 unspecified atom stereocenters. The fourth-order valence-corrected chi connectivity index (χ4v) is 5.10. The number of ether oxygens (including phenoxy) is 4. The van der Waals surface area contributed by atoms with Crippen molar-refractivity contribution in [3.63, 3.8) is 0 Å². The van der Waals surface area contributed by atoms with E-state index in [4.69, 9.17) is 9.47 Å². The van der Waals surface area contributed by atoms with E-state index in [9.17, 15) is 19.2 Å². The van der Waals surface area contributed by atoms with Crippen LogP contribution in [0.15, 0.2) is 84.1 Å². The molecule has 1 aliphatic carbocycles. The van der Waals surface area contributed by atoms with Gasteiger partial charge in [-0.15, -0.1) is 0 Å². The van der Waals surface area contributed by atoms with Crippen LogP contribution in [0.3, 0.4) is 0 Å². The van der Waals surface area contributed by atoms with Crippen molar-refractivity contribution in [3.05, 3.63) is 112 Å². The summed E-state index contributed by atoms with van der Waals surface area (Å²) < 4.78 is 21.3. The first-order chi connectivity index (χ1) is 19.1.